The maximum atomic E-state index is 12.1. The zero-order chi connectivity index (χ0) is 15.8. The first-order valence-corrected chi connectivity index (χ1v) is 7.03. The fraction of sp³-hybridized carbons (Fsp3) is 0.500. The molecule has 1 aromatic carbocycles. The third kappa shape index (κ3) is 6.29. The van der Waals surface area contributed by atoms with E-state index in [2.05, 4.69) is 23.9 Å². The molecule has 0 fully saturated rings. The molecule has 0 spiro atoms. The fourth-order valence-electron chi connectivity index (χ4n) is 1.68. The van der Waals surface area contributed by atoms with Crippen molar-refractivity contribution in [3.63, 3.8) is 0 Å². The van der Waals surface area contributed by atoms with E-state index in [1.165, 1.54) is 7.11 Å². The number of esters is 1. The molecule has 0 saturated carbocycles. The Balaban J connectivity index is 2.61. The highest BCUT2D eigenvalue weighted by Gasteiger charge is 2.14. The van der Waals surface area contributed by atoms with Crippen LogP contribution < -0.4 is 10.1 Å². The topological polar surface area (TPSA) is 64.6 Å². The van der Waals surface area contributed by atoms with E-state index in [0.717, 1.165) is 0 Å². The van der Waals surface area contributed by atoms with Crippen LogP contribution in [0.4, 0.5) is 0 Å². The van der Waals surface area contributed by atoms with Crippen molar-refractivity contribution in [3.05, 3.63) is 29.8 Å². The third-order valence-corrected chi connectivity index (χ3v) is 2.76. The van der Waals surface area contributed by atoms with Gasteiger partial charge < -0.3 is 14.8 Å². The van der Waals surface area contributed by atoms with E-state index in [9.17, 15) is 9.59 Å². The van der Waals surface area contributed by atoms with Crippen LogP contribution in [0, 0.1) is 5.92 Å². The quantitative estimate of drug-likeness (QED) is 0.784. The molecule has 0 aromatic heterocycles. The van der Waals surface area contributed by atoms with Crippen LogP contribution >= 0.6 is 0 Å². The van der Waals surface area contributed by atoms with Gasteiger partial charge in [0.25, 0.3) is 5.91 Å². The van der Waals surface area contributed by atoms with Crippen molar-refractivity contribution in [2.45, 2.75) is 33.2 Å². The highest BCUT2D eigenvalue weighted by Crippen LogP contribution is 2.14. The molecule has 116 valence electrons. The van der Waals surface area contributed by atoms with E-state index in [0.29, 0.717) is 23.8 Å². The molecule has 1 unspecified atom stereocenters. The number of hydrogen-bond donors (Lipinski definition) is 1. The molecule has 0 bridgehead atoms. The summed E-state index contributed by atoms with van der Waals surface area (Å²) < 4.78 is 10.2. The Hall–Kier alpha value is -2.04. The summed E-state index contributed by atoms with van der Waals surface area (Å²) in [5.41, 5.74) is 0.507. The lowest BCUT2D eigenvalue weighted by atomic mass is 10.1. The van der Waals surface area contributed by atoms with Crippen LogP contribution in [0.2, 0.25) is 0 Å². The molecule has 1 aromatic rings. The monoisotopic (exact) mass is 293 g/mol. The molecular weight excluding hydrogens is 270 g/mol. The minimum atomic E-state index is -0.350. The van der Waals surface area contributed by atoms with Crippen molar-refractivity contribution in [2.75, 3.05) is 13.7 Å². The van der Waals surface area contributed by atoms with E-state index >= 15 is 0 Å². The van der Waals surface area contributed by atoms with Crippen molar-refractivity contribution < 1.29 is 19.1 Å². The van der Waals surface area contributed by atoms with Gasteiger partial charge in [-0.2, -0.15) is 0 Å². The van der Waals surface area contributed by atoms with Crippen LogP contribution in [0.5, 0.6) is 5.75 Å². The Bertz CT molecular complexity index is 485. The number of methoxy groups -OCH3 is 1. The number of amides is 1. The van der Waals surface area contributed by atoms with Gasteiger partial charge in [0.1, 0.15) is 5.75 Å². The lowest BCUT2D eigenvalue weighted by molar-refractivity contribution is -0.141. The predicted molar refractivity (Wildman–Crippen MR) is 80.3 cm³/mol. The molecule has 1 rings (SSSR count). The van der Waals surface area contributed by atoms with Gasteiger partial charge in [0.2, 0.25) is 0 Å². The number of carbonyl (C=O) groups is 2. The molecule has 0 heterocycles. The van der Waals surface area contributed by atoms with Crippen LogP contribution in [0.25, 0.3) is 0 Å². The summed E-state index contributed by atoms with van der Waals surface area (Å²) in [7, 11) is 1.33. The molecule has 1 N–H and O–H groups in total. The van der Waals surface area contributed by atoms with Crippen molar-refractivity contribution in [1.29, 1.82) is 0 Å². The number of carbonyl (C=O) groups excluding carboxylic acids is 2. The van der Waals surface area contributed by atoms with Gasteiger partial charge in [0, 0.05) is 11.6 Å². The smallest absolute Gasteiger partial charge is 0.307 e. The van der Waals surface area contributed by atoms with Crippen molar-refractivity contribution in [1.82, 2.24) is 5.32 Å². The Morgan fingerprint density at radius 1 is 1.24 bits per heavy atom. The average molecular weight is 293 g/mol. The maximum Gasteiger partial charge on any atom is 0.307 e. The van der Waals surface area contributed by atoms with Crippen LogP contribution in [0.3, 0.4) is 0 Å². The summed E-state index contributed by atoms with van der Waals surface area (Å²) in [5, 5.41) is 2.76. The van der Waals surface area contributed by atoms with Crippen LogP contribution in [-0.2, 0) is 9.53 Å². The predicted octanol–water partition coefficient (Wildman–Crippen LogP) is 2.40. The molecule has 21 heavy (non-hydrogen) atoms. The van der Waals surface area contributed by atoms with E-state index in [4.69, 9.17) is 4.74 Å². The molecule has 0 saturated heterocycles. The molecule has 5 nitrogen and oxygen atoms in total. The molecule has 1 atom stereocenters. The zero-order valence-electron chi connectivity index (χ0n) is 13.0. The third-order valence-electron chi connectivity index (χ3n) is 2.76. The van der Waals surface area contributed by atoms with E-state index < -0.39 is 0 Å². The van der Waals surface area contributed by atoms with Crippen LogP contribution in [0.1, 0.15) is 37.6 Å². The Morgan fingerprint density at radius 3 is 2.57 bits per heavy atom. The maximum absolute atomic E-state index is 12.1. The first kappa shape index (κ1) is 17.0. The van der Waals surface area contributed by atoms with E-state index in [-0.39, 0.29) is 24.3 Å². The van der Waals surface area contributed by atoms with E-state index in [1.807, 2.05) is 6.07 Å². The number of nitrogens with one attached hydrogen (secondary N) is 1. The second-order valence-corrected chi connectivity index (χ2v) is 5.39. The molecule has 0 aliphatic rings. The Labute approximate surface area is 125 Å². The van der Waals surface area contributed by atoms with E-state index in [1.54, 1.807) is 25.1 Å². The van der Waals surface area contributed by atoms with Gasteiger partial charge in [-0.1, -0.05) is 19.9 Å². The van der Waals surface area contributed by atoms with Gasteiger partial charge in [0.15, 0.2) is 0 Å². The summed E-state index contributed by atoms with van der Waals surface area (Å²) in [6, 6.07) is 6.71. The van der Waals surface area contributed by atoms with Crippen molar-refractivity contribution >= 4 is 11.9 Å². The van der Waals surface area contributed by atoms with Crippen molar-refractivity contribution in [3.8, 4) is 5.75 Å². The van der Waals surface area contributed by atoms with Crippen LogP contribution in [0.15, 0.2) is 24.3 Å². The second kappa shape index (κ2) is 8.29. The summed E-state index contributed by atoms with van der Waals surface area (Å²) >= 11 is 0. The van der Waals surface area contributed by atoms with Gasteiger partial charge in [-0.15, -0.1) is 0 Å². The SMILES string of the molecule is COC(=O)CC(C)NC(=O)c1cccc(OCC(C)C)c1. The van der Waals surface area contributed by atoms with Crippen molar-refractivity contribution in [2.24, 2.45) is 5.92 Å². The highest BCUT2D eigenvalue weighted by atomic mass is 16.5. The van der Waals surface area contributed by atoms with Gasteiger partial charge in [0.05, 0.1) is 20.1 Å². The number of benzene rings is 1. The normalized spacial score (nSPS) is 11.9. The van der Waals surface area contributed by atoms with Gasteiger partial charge in [-0.25, -0.2) is 0 Å². The largest absolute Gasteiger partial charge is 0.493 e. The first-order valence-electron chi connectivity index (χ1n) is 7.03. The molecule has 0 radical (unpaired) electrons. The van der Waals surface area contributed by atoms with Gasteiger partial charge in [-0.3, -0.25) is 9.59 Å². The first-order chi connectivity index (χ1) is 9.92. The molecule has 0 aliphatic carbocycles. The minimum absolute atomic E-state index is 0.145. The standard InChI is InChI=1S/C16H23NO4/c1-11(2)10-21-14-7-5-6-13(9-14)16(19)17-12(3)8-15(18)20-4/h5-7,9,11-12H,8,10H2,1-4H3,(H,17,19). The molecule has 1 amide bonds. The zero-order valence-corrected chi connectivity index (χ0v) is 13.0. The number of rotatable bonds is 7. The number of ether oxygens (including phenoxy) is 2. The molecular formula is C16H23NO4. The minimum Gasteiger partial charge on any atom is -0.493 e. The number of hydrogen-bond acceptors (Lipinski definition) is 4. The Morgan fingerprint density at radius 2 is 1.95 bits per heavy atom. The lowest BCUT2D eigenvalue weighted by Gasteiger charge is -2.13. The fourth-order valence-corrected chi connectivity index (χ4v) is 1.68. The summed E-state index contributed by atoms with van der Waals surface area (Å²) in [4.78, 5) is 23.2. The van der Waals surface area contributed by atoms with Gasteiger partial charge in [-0.05, 0) is 31.0 Å². The van der Waals surface area contributed by atoms with Gasteiger partial charge >= 0.3 is 5.97 Å². The summed E-state index contributed by atoms with van der Waals surface area (Å²) in [5.74, 6) is 0.498. The average Bonchev–Trinajstić information content (AvgIpc) is 2.45. The lowest BCUT2D eigenvalue weighted by Crippen LogP contribution is -2.34. The second-order valence-electron chi connectivity index (χ2n) is 5.39. The molecule has 5 heteroatoms. The molecule has 0 aliphatic heterocycles. The summed E-state index contributed by atoms with van der Waals surface area (Å²) in [6.07, 6.45) is 0.145. The Kier molecular flexibility index (Phi) is 6.72. The summed E-state index contributed by atoms with van der Waals surface area (Å²) in [6.45, 7) is 6.48. The highest BCUT2D eigenvalue weighted by molar-refractivity contribution is 5.95. The van der Waals surface area contributed by atoms with Crippen LogP contribution in [-0.4, -0.2) is 31.6 Å².